The average Bonchev–Trinajstić information content (AvgIpc) is 1.61. The average molecular weight is 1250 g/mol. The van der Waals surface area contributed by atoms with Crippen LogP contribution in [0.4, 0.5) is 0 Å². The van der Waals surface area contributed by atoms with Crippen molar-refractivity contribution in [3.63, 3.8) is 0 Å². The Balaban J connectivity index is 0.000000179. The lowest BCUT2D eigenvalue weighted by atomic mass is 9.79. The largest absolute Gasteiger partial charge is 0.382 e. The molecule has 468 valence electrons. The Morgan fingerprint density at radius 1 is 0.527 bits per heavy atom. The molecule has 0 heterocycles. The fourth-order valence-electron chi connectivity index (χ4n) is 10.7. The van der Waals surface area contributed by atoms with Crippen molar-refractivity contribution in [3.8, 4) is 0 Å². The quantitative estimate of drug-likeness (QED) is 0.0131. The summed E-state index contributed by atoms with van der Waals surface area (Å²) in [6.45, 7) is 7.96. The first-order chi connectivity index (χ1) is 44.1. The van der Waals surface area contributed by atoms with Gasteiger partial charge in [0.2, 0.25) is 24.2 Å². The highest BCUT2D eigenvalue weighted by atomic mass is 32.2. The maximum Gasteiger partial charge on any atom is 0.365 e. The number of ether oxygens (including phenoxy) is 2. The first-order valence-electron chi connectivity index (χ1n) is 30.7. The normalized spacial score (nSPS) is 12.7. The molecule has 1 fully saturated rings. The first kappa shape index (κ1) is 69.7. The number of nitrogens with zero attached hydrogens (tertiary/aromatic N) is 1. The SMILES string of the molecule is CCCCCC/C(=N/OC(=O)c1ccccc1)C(=O)c1ccc(Sc2ccccc2)cc1.COC(OC)(C(=O)c1ccccc1)c1ccccc1.Cc1cc(C)c(C(=O)P(=O)(c2ccccc2)c2ccccc2)c(C)c1.O=C(c1ccccc1)C1(O)CCCCC1. The van der Waals surface area contributed by atoms with E-state index < -0.39 is 24.5 Å². The van der Waals surface area contributed by atoms with Gasteiger partial charge in [-0.3, -0.25) is 19.2 Å². The van der Waals surface area contributed by atoms with Crippen LogP contribution in [0.2, 0.25) is 0 Å². The Bertz CT molecular complexity index is 3780. The molecule has 1 saturated carbocycles. The molecule has 0 saturated heterocycles. The first-order valence-corrected chi connectivity index (χ1v) is 33.2. The second kappa shape index (κ2) is 35.0. The number of aryl methyl sites for hydroxylation is 3. The van der Waals surface area contributed by atoms with Crippen LogP contribution in [0.1, 0.15) is 145 Å². The van der Waals surface area contributed by atoms with Crippen LogP contribution in [0.15, 0.2) is 264 Å². The van der Waals surface area contributed by atoms with Gasteiger partial charge < -0.3 is 24.0 Å². The van der Waals surface area contributed by atoms with Crippen LogP contribution >= 0.6 is 18.9 Å². The Morgan fingerprint density at radius 2 is 0.967 bits per heavy atom. The van der Waals surface area contributed by atoms with Crippen LogP contribution in [0.3, 0.4) is 0 Å². The van der Waals surface area contributed by atoms with E-state index >= 15 is 0 Å². The highest BCUT2D eigenvalue weighted by Gasteiger charge is 2.42. The molecule has 1 N–H and O–H groups in total. The zero-order chi connectivity index (χ0) is 65.1. The fourth-order valence-corrected chi connectivity index (χ4v) is 14.2. The number of methoxy groups -OCH3 is 2. The third-order valence-electron chi connectivity index (χ3n) is 15.5. The summed E-state index contributed by atoms with van der Waals surface area (Å²) in [6.07, 6.45) is 8.75. The topological polar surface area (TPSA) is 163 Å². The highest BCUT2D eigenvalue weighted by Crippen LogP contribution is 2.48. The molecular formula is C78H80NO10PS. The van der Waals surface area contributed by atoms with Gasteiger partial charge in [0.1, 0.15) is 11.3 Å². The van der Waals surface area contributed by atoms with Crippen molar-refractivity contribution >= 4 is 64.1 Å². The molecule has 0 amide bonds. The summed E-state index contributed by atoms with van der Waals surface area (Å²) in [5.41, 5.74) is 5.08. The molecule has 11 nitrogen and oxygen atoms in total. The van der Waals surface area contributed by atoms with E-state index in [1.807, 2.05) is 185 Å². The van der Waals surface area contributed by atoms with Gasteiger partial charge in [0.25, 0.3) is 5.79 Å². The van der Waals surface area contributed by atoms with Gasteiger partial charge in [-0.1, -0.05) is 268 Å². The van der Waals surface area contributed by atoms with Gasteiger partial charge in [0, 0.05) is 62.4 Å². The molecule has 13 heteroatoms. The summed E-state index contributed by atoms with van der Waals surface area (Å²) in [5.74, 6) is -2.51. The molecule has 0 aromatic heterocycles. The monoisotopic (exact) mass is 1250 g/mol. The van der Waals surface area contributed by atoms with Crippen LogP contribution in [-0.4, -0.2) is 59.5 Å². The van der Waals surface area contributed by atoms with Crippen LogP contribution in [-0.2, 0) is 24.7 Å². The summed E-state index contributed by atoms with van der Waals surface area (Å²) in [7, 11) is -0.506. The van der Waals surface area contributed by atoms with E-state index in [9.17, 15) is 33.6 Å². The number of rotatable bonds is 22. The second-order valence-corrected chi connectivity index (χ2v) is 25.9. The van der Waals surface area contributed by atoms with E-state index in [1.165, 1.54) is 14.2 Å². The predicted molar refractivity (Wildman–Crippen MR) is 366 cm³/mol. The summed E-state index contributed by atoms with van der Waals surface area (Å²) in [4.78, 5) is 71.0. The van der Waals surface area contributed by atoms with Gasteiger partial charge in [-0.2, -0.15) is 0 Å². The van der Waals surface area contributed by atoms with Crippen molar-refractivity contribution in [2.45, 2.75) is 113 Å². The van der Waals surface area contributed by atoms with Crippen molar-refractivity contribution < 1.29 is 48.0 Å². The molecule has 91 heavy (non-hydrogen) atoms. The van der Waals surface area contributed by atoms with E-state index in [-0.39, 0.29) is 28.6 Å². The van der Waals surface area contributed by atoms with E-state index in [1.54, 1.807) is 96.7 Å². The van der Waals surface area contributed by atoms with Gasteiger partial charge >= 0.3 is 5.97 Å². The van der Waals surface area contributed by atoms with Crippen LogP contribution < -0.4 is 10.6 Å². The summed E-state index contributed by atoms with van der Waals surface area (Å²) in [6, 6.07) is 75.6. The zero-order valence-electron chi connectivity index (χ0n) is 52.7. The number of unbranched alkanes of at least 4 members (excludes halogenated alkanes) is 3. The molecule has 1 aliphatic rings. The minimum absolute atomic E-state index is 0.109. The van der Waals surface area contributed by atoms with Gasteiger partial charge in [-0.25, -0.2) is 4.79 Å². The van der Waals surface area contributed by atoms with Gasteiger partial charge in [0.15, 0.2) is 5.78 Å². The number of ketones is 3. The van der Waals surface area contributed by atoms with Gasteiger partial charge in [-0.15, -0.1) is 0 Å². The Labute approximate surface area is 540 Å². The van der Waals surface area contributed by atoms with Gasteiger partial charge in [-0.05, 0) is 106 Å². The van der Waals surface area contributed by atoms with Crippen LogP contribution in [0, 0.1) is 20.8 Å². The fraction of sp³-hybridized carbons (Fsp3) is 0.231. The van der Waals surface area contributed by atoms with Crippen molar-refractivity contribution in [2.75, 3.05) is 14.2 Å². The standard InChI is InChI=1S/C27H27NO3S.C22H21O2P.C16H16O3.C13H16O2/c1-2-3-4-11-16-25(28-31-27(30)22-12-7-5-8-13-22)26(29)21-17-19-24(20-18-21)32-23-14-9-6-10-15-23;1-16-14-17(2)21(18(3)15-16)22(23)25(24,19-10-6-4-7-11-19)20-12-8-5-9-13-20;1-18-16(19-2,14-11-7-4-8-12-14)15(17)13-9-5-3-6-10-13;14-12(11-7-3-1-4-8-11)13(15)9-5-2-6-10-13/h5-10,12-15,17-20H,2-4,11,16H2,1H3;4-15H,1-3H3;3-12H,1-2H3;1,3-4,7-8,15H,2,5-6,9-10H2/b28-25-;;;. The number of oxime groups is 1. The molecule has 0 atom stereocenters. The second-order valence-electron chi connectivity index (χ2n) is 22.1. The number of benzene rings is 9. The van der Waals surface area contributed by atoms with Crippen molar-refractivity contribution in [3.05, 3.63) is 299 Å². The molecule has 9 aromatic carbocycles. The summed E-state index contributed by atoms with van der Waals surface area (Å²) >= 11 is 1.64. The lowest BCUT2D eigenvalue weighted by Crippen LogP contribution is -2.40. The zero-order valence-corrected chi connectivity index (χ0v) is 54.4. The molecule has 9 aromatic rings. The minimum Gasteiger partial charge on any atom is -0.382 e. The maximum absolute atomic E-state index is 14.2. The number of hydrogen-bond donors (Lipinski definition) is 1. The molecular weight excluding hydrogens is 1170 g/mol. The van der Waals surface area contributed by atoms with E-state index in [0.717, 1.165) is 71.4 Å². The third kappa shape index (κ3) is 18.9. The third-order valence-corrected chi connectivity index (χ3v) is 19.4. The van der Waals surface area contributed by atoms with E-state index in [0.29, 0.717) is 63.3 Å². The Kier molecular flexibility index (Phi) is 26.8. The van der Waals surface area contributed by atoms with E-state index in [4.69, 9.17) is 14.3 Å². The summed E-state index contributed by atoms with van der Waals surface area (Å²) in [5, 5.41) is 15.4. The Morgan fingerprint density at radius 3 is 1.45 bits per heavy atom. The van der Waals surface area contributed by atoms with Gasteiger partial charge in [0.05, 0.1) is 5.56 Å². The number of carbonyl (C=O) groups is 5. The van der Waals surface area contributed by atoms with E-state index in [2.05, 4.69) is 12.1 Å². The maximum atomic E-state index is 14.2. The minimum atomic E-state index is -3.44. The smallest absolute Gasteiger partial charge is 0.365 e. The highest BCUT2D eigenvalue weighted by molar-refractivity contribution is 7.99. The summed E-state index contributed by atoms with van der Waals surface area (Å²) < 4.78 is 25.0. The number of carbonyl (C=O) groups excluding carboxylic acids is 5. The molecule has 0 unspecified atom stereocenters. The number of aliphatic hydroxyl groups is 1. The molecule has 0 radical (unpaired) electrons. The lowest BCUT2D eigenvalue weighted by Gasteiger charge is -2.30. The molecule has 0 spiro atoms. The molecule has 0 bridgehead atoms. The Hall–Kier alpha value is -8.74. The molecule has 1 aliphatic carbocycles. The number of hydrogen-bond acceptors (Lipinski definition) is 12. The molecule has 0 aliphatic heterocycles. The lowest BCUT2D eigenvalue weighted by molar-refractivity contribution is -0.176. The van der Waals surface area contributed by atoms with Crippen LogP contribution in [0.25, 0.3) is 0 Å². The van der Waals surface area contributed by atoms with Crippen molar-refractivity contribution in [1.29, 1.82) is 0 Å². The number of Topliss-reactive ketones (excluding diaryl/α,β-unsaturated/α-hetero) is 3. The van der Waals surface area contributed by atoms with Crippen molar-refractivity contribution in [1.82, 2.24) is 0 Å². The van der Waals surface area contributed by atoms with Crippen LogP contribution in [0.5, 0.6) is 0 Å². The van der Waals surface area contributed by atoms with Crippen molar-refractivity contribution in [2.24, 2.45) is 5.16 Å². The predicted octanol–water partition coefficient (Wildman–Crippen LogP) is 17.5. The molecule has 10 rings (SSSR count).